The van der Waals surface area contributed by atoms with Crippen molar-refractivity contribution in [3.63, 3.8) is 0 Å². The molecule has 1 aromatic carbocycles. The first-order valence-corrected chi connectivity index (χ1v) is 6.50. The van der Waals surface area contributed by atoms with E-state index in [4.69, 9.17) is 5.73 Å². The third-order valence-electron chi connectivity index (χ3n) is 2.65. The van der Waals surface area contributed by atoms with Crippen molar-refractivity contribution in [2.24, 2.45) is 0 Å². The lowest BCUT2D eigenvalue weighted by molar-refractivity contribution is 0.682. The van der Waals surface area contributed by atoms with Gasteiger partial charge in [0.05, 0.1) is 10.7 Å². The molecule has 0 aliphatic heterocycles. The minimum atomic E-state index is 0.804. The van der Waals surface area contributed by atoms with Crippen LogP contribution in [0.5, 0.6) is 0 Å². The van der Waals surface area contributed by atoms with Crippen LogP contribution in [0, 0.1) is 13.8 Å². The van der Waals surface area contributed by atoms with Gasteiger partial charge >= 0.3 is 0 Å². The molecule has 3 nitrogen and oxygen atoms in total. The Kier molecular flexibility index (Phi) is 3.76. The predicted octanol–water partition coefficient (Wildman–Crippen LogP) is 2.63. The second-order valence-electron chi connectivity index (χ2n) is 4.15. The van der Waals surface area contributed by atoms with Gasteiger partial charge in [0, 0.05) is 24.2 Å². The Labute approximate surface area is 106 Å². The number of nitrogens with zero attached hydrogens (tertiary/aromatic N) is 1. The third kappa shape index (κ3) is 3.28. The summed E-state index contributed by atoms with van der Waals surface area (Å²) < 4.78 is 0. The molecule has 17 heavy (non-hydrogen) atoms. The van der Waals surface area contributed by atoms with Crippen molar-refractivity contribution in [2.75, 3.05) is 5.73 Å². The first kappa shape index (κ1) is 12.1. The Bertz CT molecular complexity index is 505. The van der Waals surface area contributed by atoms with Crippen molar-refractivity contribution in [1.82, 2.24) is 10.3 Å². The predicted molar refractivity (Wildman–Crippen MR) is 73.0 cm³/mol. The van der Waals surface area contributed by atoms with Crippen LogP contribution in [-0.4, -0.2) is 4.98 Å². The van der Waals surface area contributed by atoms with Crippen molar-refractivity contribution in [3.05, 3.63) is 45.4 Å². The number of thiazole rings is 1. The summed E-state index contributed by atoms with van der Waals surface area (Å²) in [5.41, 5.74) is 10.2. The number of nitrogen functional groups attached to an aromatic ring is 1. The second kappa shape index (κ2) is 5.29. The molecule has 0 saturated carbocycles. The highest BCUT2D eigenvalue weighted by atomic mass is 32.1. The number of anilines is 1. The average molecular weight is 247 g/mol. The molecule has 0 radical (unpaired) electrons. The maximum absolute atomic E-state index is 5.87. The molecule has 2 rings (SSSR count). The highest BCUT2D eigenvalue weighted by Gasteiger charge is 1.99. The number of aryl methyl sites for hydroxylation is 2. The molecule has 0 unspecified atom stereocenters. The van der Waals surface area contributed by atoms with Crippen LogP contribution in [0.1, 0.15) is 21.8 Å². The Morgan fingerprint density at radius 1 is 1.29 bits per heavy atom. The van der Waals surface area contributed by atoms with E-state index < -0.39 is 0 Å². The first-order valence-electron chi connectivity index (χ1n) is 5.62. The largest absolute Gasteiger partial charge is 0.399 e. The zero-order chi connectivity index (χ0) is 12.3. The Hall–Kier alpha value is -1.39. The van der Waals surface area contributed by atoms with E-state index in [0.717, 1.165) is 35.0 Å². The number of nitrogens with one attached hydrogen (secondary N) is 1. The lowest BCUT2D eigenvalue weighted by atomic mass is 10.1. The van der Waals surface area contributed by atoms with E-state index in [2.05, 4.69) is 27.8 Å². The number of benzene rings is 1. The zero-order valence-corrected chi connectivity index (χ0v) is 11.0. The second-order valence-corrected chi connectivity index (χ2v) is 5.21. The van der Waals surface area contributed by atoms with E-state index in [1.54, 1.807) is 11.3 Å². The summed E-state index contributed by atoms with van der Waals surface area (Å²) in [6.45, 7) is 5.67. The molecule has 1 aromatic heterocycles. The highest BCUT2D eigenvalue weighted by molar-refractivity contribution is 7.09. The van der Waals surface area contributed by atoms with E-state index in [9.17, 15) is 0 Å². The van der Waals surface area contributed by atoms with E-state index in [1.165, 1.54) is 5.56 Å². The number of hydrogen-bond donors (Lipinski definition) is 2. The molecule has 0 aliphatic carbocycles. The summed E-state index contributed by atoms with van der Waals surface area (Å²) >= 11 is 1.68. The third-order valence-corrected chi connectivity index (χ3v) is 3.47. The van der Waals surface area contributed by atoms with Crippen molar-refractivity contribution < 1.29 is 0 Å². The minimum absolute atomic E-state index is 0.804. The molecule has 2 aromatic rings. The van der Waals surface area contributed by atoms with Crippen LogP contribution in [0.3, 0.4) is 0 Å². The zero-order valence-electron chi connectivity index (χ0n) is 10.2. The quantitative estimate of drug-likeness (QED) is 0.817. The lowest BCUT2D eigenvalue weighted by Gasteiger charge is -2.06. The number of aromatic nitrogens is 1. The van der Waals surface area contributed by atoms with Crippen molar-refractivity contribution in [3.8, 4) is 0 Å². The van der Waals surface area contributed by atoms with Crippen LogP contribution in [0.25, 0.3) is 0 Å². The molecule has 0 aliphatic rings. The Morgan fingerprint density at radius 3 is 2.76 bits per heavy atom. The minimum Gasteiger partial charge on any atom is -0.399 e. The van der Waals surface area contributed by atoms with E-state index >= 15 is 0 Å². The van der Waals surface area contributed by atoms with Crippen LogP contribution in [0.15, 0.2) is 23.6 Å². The fourth-order valence-corrected chi connectivity index (χ4v) is 2.24. The molecule has 3 N–H and O–H groups in total. The normalized spacial score (nSPS) is 10.7. The standard InChI is InChI=1S/C13H17N3S/c1-9-3-4-11(5-13(9)14)6-15-7-12-8-17-10(2)16-12/h3-5,8,15H,6-7,14H2,1-2H3. The van der Waals surface area contributed by atoms with Gasteiger partial charge in [-0.15, -0.1) is 11.3 Å². The highest BCUT2D eigenvalue weighted by Crippen LogP contribution is 2.13. The van der Waals surface area contributed by atoms with Gasteiger partial charge in [-0.25, -0.2) is 4.98 Å². The van der Waals surface area contributed by atoms with Crippen molar-refractivity contribution in [2.45, 2.75) is 26.9 Å². The van der Waals surface area contributed by atoms with Gasteiger partial charge in [0.25, 0.3) is 0 Å². The van der Waals surface area contributed by atoms with Crippen LogP contribution >= 0.6 is 11.3 Å². The number of hydrogen-bond acceptors (Lipinski definition) is 4. The molecule has 0 atom stereocenters. The Balaban J connectivity index is 1.87. The van der Waals surface area contributed by atoms with E-state index in [0.29, 0.717) is 0 Å². The topological polar surface area (TPSA) is 50.9 Å². The van der Waals surface area contributed by atoms with Gasteiger partial charge in [0.1, 0.15) is 0 Å². The summed E-state index contributed by atoms with van der Waals surface area (Å²) in [6, 6.07) is 6.18. The van der Waals surface area contributed by atoms with Crippen LogP contribution in [-0.2, 0) is 13.1 Å². The van der Waals surface area contributed by atoms with Crippen LogP contribution in [0.2, 0.25) is 0 Å². The molecule has 4 heteroatoms. The monoisotopic (exact) mass is 247 g/mol. The summed E-state index contributed by atoms with van der Waals surface area (Å²) in [5.74, 6) is 0. The van der Waals surface area contributed by atoms with Crippen molar-refractivity contribution in [1.29, 1.82) is 0 Å². The molecule has 0 saturated heterocycles. The summed E-state index contributed by atoms with van der Waals surface area (Å²) in [6.07, 6.45) is 0. The molecular formula is C13H17N3S. The van der Waals surface area contributed by atoms with Gasteiger partial charge in [-0.3, -0.25) is 0 Å². The fraction of sp³-hybridized carbons (Fsp3) is 0.308. The molecular weight excluding hydrogens is 230 g/mol. The molecule has 0 spiro atoms. The molecule has 90 valence electrons. The molecule has 0 fully saturated rings. The summed E-state index contributed by atoms with van der Waals surface area (Å²) in [7, 11) is 0. The number of nitrogens with two attached hydrogens (primary N) is 1. The number of rotatable bonds is 4. The van der Waals surface area contributed by atoms with Gasteiger partial charge in [-0.1, -0.05) is 12.1 Å². The summed E-state index contributed by atoms with van der Waals surface area (Å²) in [5, 5.41) is 6.57. The van der Waals surface area contributed by atoms with Crippen molar-refractivity contribution >= 4 is 17.0 Å². The average Bonchev–Trinajstić information content (AvgIpc) is 2.70. The van der Waals surface area contributed by atoms with Gasteiger partial charge in [-0.05, 0) is 31.0 Å². The summed E-state index contributed by atoms with van der Waals surface area (Å²) in [4.78, 5) is 4.40. The van der Waals surface area contributed by atoms with E-state index in [-0.39, 0.29) is 0 Å². The van der Waals surface area contributed by atoms with Gasteiger partial charge in [-0.2, -0.15) is 0 Å². The maximum Gasteiger partial charge on any atom is 0.0897 e. The van der Waals surface area contributed by atoms with Crippen LogP contribution < -0.4 is 11.1 Å². The van der Waals surface area contributed by atoms with Gasteiger partial charge in [0.2, 0.25) is 0 Å². The SMILES string of the molecule is Cc1nc(CNCc2ccc(C)c(N)c2)cs1. The maximum atomic E-state index is 5.87. The smallest absolute Gasteiger partial charge is 0.0897 e. The lowest BCUT2D eigenvalue weighted by Crippen LogP contribution is -2.13. The fourth-order valence-electron chi connectivity index (χ4n) is 1.62. The Morgan fingerprint density at radius 2 is 2.12 bits per heavy atom. The van der Waals surface area contributed by atoms with Gasteiger partial charge < -0.3 is 11.1 Å². The van der Waals surface area contributed by atoms with E-state index in [1.807, 2.05) is 19.9 Å². The molecule has 1 heterocycles. The molecule has 0 bridgehead atoms. The molecule has 0 amide bonds. The van der Waals surface area contributed by atoms with Gasteiger partial charge in [0.15, 0.2) is 0 Å². The first-order chi connectivity index (χ1) is 8.15. The van der Waals surface area contributed by atoms with Crippen LogP contribution in [0.4, 0.5) is 5.69 Å².